The van der Waals surface area contributed by atoms with E-state index in [0.717, 1.165) is 17.1 Å². The normalized spacial score (nSPS) is 20.9. The van der Waals surface area contributed by atoms with Crippen LogP contribution >= 0.6 is 15.9 Å². The molecule has 1 unspecified atom stereocenters. The van der Waals surface area contributed by atoms with Gasteiger partial charge in [0.1, 0.15) is 0 Å². The lowest BCUT2D eigenvalue weighted by atomic mass is 10.0. The van der Waals surface area contributed by atoms with Crippen molar-refractivity contribution < 1.29 is 0 Å². The first-order valence-electron chi connectivity index (χ1n) is 6.86. The summed E-state index contributed by atoms with van der Waals surface area (Å²) in [5, 5.41) is 3.54. The fourth-order valence-corrected chi connectivity index (χ4v) is 3.34. The van der Waals surface area contributed by atoms with Crippen LogP contribution in [0.1, 0.15) is 31.2 Å². The van der Waals surface area contributed by atoms with Gasteiger partial charge in [-0.05, 0) is 63.5 Å². The first-order valence-corrected chi connectivity index (χ1v) is 7.66. The molecule has 18 heavy (non-hydrogen) atoms. The molecule has 1 aliphatic rings. The Morgan fingerprint density at radius 2 is 2.17 bits per heavy atom. The summed E-state index contributed by atoms with van der Waals surface area (Å²) in [4.78, 5) is 2.51. The summed E-state index contributed by atoms with van der Waals surface area (Å²) >= 11 is 3.54. The first-order chi connectivity index (χ1) is 8.65. The van der Waals surface area contributed by atoms with Gasteiger partial charge < -0.3 is 10.2 Å². The quantitative estimate of drug-likeness (QED) is 0.902. The van der Waals surface area contributed by atoms with Crippen molar-refractivity contribution in [2.75, 3.05) is 25.5 Å². The van der Waals surface area contributed by atoms with Gasteiger partial charge >= 0.3 is 0 Å². The minimum absolute atomic E-state index is 0.763. The molecule has 0 radical (unpaired) electrons. The van der Waals surface area contributed by atoms with E-state index in [9.17, 15) is 0 Å². The van der Waals surface area contributed by atoms with Crippen molar-refractivity contribution >= 4 is 21.6 Å². The van der Waals surface area contributed by atoms with Crippen molar-refractivity contribution in [2.24, 2.45) is 0 Å². The number of halogens is 1. The third kappa shape index (κ3) is 3.99. The first kappa shape index (κ1) is 13.9. The molecule has 0 amide bonds. The maximum atomic E-state index is 3.54. The molecule has 1 heterocycles. The number of nitrogens with zero attached hydrogens (tertiary/aromatic N) is 1. The maximum Gasteiger partial charge on any atom is 0.0354 e. The smallest absolute Gasteiger partial charge is 0.0354 e. The number of hydrogen-bond acceptors (Lipinski definition) is 2. The van der Waals surface area contributed by atoms with Crippen molar-refractivity contribution in [3.63, 3.8) is 0 Å². The van der Waals surface area contributed by atoms with E-state index in [2.05, 4.69) is 58.3 Å². The van der Waals surface area contributed by atoms with Gasteiger partial charge in [-0.2, -0.15) is 0 Å². The van der Waals surface area contributed by atoms with E-state index in [0.29, 0.717) is 0 Å². The number of hydrogen-bond donors (Lipinski definition) is 1. The SMILES string of the molecule is Cc1cc(Br)cc(NCCC2CCCCN2C)c1. The highest BCUT2D eigenvalue weighted by Gasteiger charge is 2.17. The zero-order chi connectivity index (χ0) is 13.0. The van der Waals surface area contributed by atoms with Gasteiger partial charge in [-0.3, -0.25) is 0 Å². The van der Waals surface area contributed by atoms with Crippen LogP contribution in [-0.4, -0.2) is 31.1 Å². The van der Waals surface area contributed by atoms with Crippen molar-refractivity contribution in [2.45, 2.75) is 38.6 Å². The van der Waals surface area contributed by atoms with Crippen LogP contribution in [0.5, 0.6) is 0 Å². The standard InChI is InChI=1S/C15H23BrN2/c1-12-9-13(16)11-14(10-12)17-7-6-15-5-3-4-8-18(15)2/h9-11,15,17H,3-8H2,1-2H3. The van der Waals surface area contributed by atoms with E-state index >= 15 is 0 Å². The van der Waals surface area contributed by atoms with Crippen LogP contribution in [0.25, 0.3) is 0 Å². The molecule has 0 spiro atoms. The third-order valence-electron chi connectivity index (χ3n) is 3.77. The molecule has 2 nitrogen and oxygen atoms in total. The second kappa shape index (κ2) is 6.58. The zero-order valence-corrected chi connectivity index (χ0v) is 13.0. The average molecular weight is 311 g/mol. The van der Waals surface area contributed by atoms with Gasteiger partial charge in [0.15, 0.2) is 0 Å². The fourth-order valence-electron chi connectivity index (χ4n) is 2.73. The Labute approximate surface area is 119 Å². The van der Waals surface area contributed by atoms with Crippen LogP contribution in [-0.2, 0) is 0 Å². The summed E-state index contributed by atoms with van der Waals surface area (Å²) in [5.74, 6) is 0. The molecule has 1 atom stereocenters. The van der Waals surface area contributed by atoms with Crippen LogP contribution in [0.3, 0.4) is 0 Å². The maximum absolute atomic E-state index is 3.54. The van der Waals surface area contributed by atoms with Crippen LogP contribution in [0.4, 0.5) is 5.69 Å². The van der Waals surface area contributed by atoms with E-state index in [-0.39, 0.29) is 0 Å². The van der Waals surface area contributed by atoms with Gasteiger partial charge in [0.25, 0.3) is 0 Å². The molecular weight excluding hydrogens is 288 g/mol. The Bertz CT molecular complexity index is 372. The van der Waals surface area contributed by atoms with E-state index in [1.807, 2.05) is 0 Å². The highest BCUT2D eigenvalue weighted by molar-refractivity contribution is 9.10. The molecule has 2 rings (SSSR count). The Hall–Kier alpha value is -0.540. The minimum atomic E-state index is 0.763. The Morgan fingerprint density at radius 1 is 1.33 bits per heavy atom. The van der Waals surface area contributed by atoms with Crippen molar-refractivity contribution in [1.82, 2.24) is 4.90 Å². The summed E-state index contributed by atoms with van der Waals surface area (Å²) in [7, 11) is 2.26. The molecular formula is C15H23BrN2. The highest BCUT2D eigenvalue weighted by Crippen LogP contribution is 2.20. The topological polar surface area (TPSA) is 15.3 Å². The predicted molar refractivity (Wildman–Crippen MR) is 82.3 cm³/mol. The van der Waals surface area contributed by atoms with E-state index in [1.54, 1.807) is 0 Å². The van der Waals surface area contributed by atoms with Gasteiger partial charge in [0.05, 0.1) is 0 Å². The highest BCUT2D eigenvalue weighted by atomic mass is 79.9. The Kier molecular flexibility index (Phi) is 5.07. The number of piperidine rings is 1. The number of nitrogens with one attached hydrogen (secondary N) is 1. The number of aryl methyl sites for hydroxylation is 1. The predicted octanol–water partition coefficient (Wildman–Crippen LogP) is 4.04. The number of benzene rings is 1. The van der Waals surface area contributed by atoms with E-state index in [1.165, 1.54) is 43.5 Å². The average Bonchev–Trinajstić information content (AvgIpc) is 2.30. The molecule has 0 aromatic heterocycles. The molecule has 1 aromatic rings. The molecule has 1 fully saturated rings. The third-order valence-corrected chi connectivity index (χ3v) is 4.23. The lowest BCUT2D eigenvalue weighted by Crippen LogP contribution is -2.37. The molecule has 0 saturated carbocycles. The number of rotatable bonds is 4. The molecule has 1 aromatic carbocycles. The van der Waals surface area contributed by atoms with Crippen molar-refractivity contribution in [3.05, 3.63) is 28.2 Å². The van der Waals surface area contributed by atoms with Gasteiger partial charge in [-0.1, -0.05) is 22.4 Å². The molecule has 1 saturated heterocycles. The Morgan fingerprint density at radius 3 is 2.89 bits per heavy atom. The summed E-state index contributed by atoms with van der Waals surface area (Å²) in [6, 6.07) is 7.26. The molecule has 0 aliphatic carbocycles. The molecule has 3 heteroatoms. The zero-order valence-electron chi connectivity index (χ0n) is 11.4. The fraction of sp³-hybridized carbons (Fsp3) is 0.600. The van der Waals surface area contributed by atoms with Crippen molar-refractivity contribution in [3.8, 4) is 0 Å². The number of anilines is 1. The largest absolute Gasteiger partial charge is 0.385 e. The molecule has 1 N–H and O–H groups in total. The summed E-state index contributed by atoms with van der Waals surface area (Å²) < 4.78 is 1.15. The van der Waals surface area contributed by atoms with Crippen molar-refractivity contribution in [1.29, 1.82) is 0 Å². The molecule has 0 bridgehead atoms. The summed E-state index contributed by atoms with van der Waals surface area (Å²) in [6.07, 6.45) is 5.36. The summed E-state index contributed by atoms with van der Waals surface area (Å²) in [6.45, 7) is 4.45. The van der Waals surface area contributed by atoms with Crippen LogP contribution in [0.2, 0.25) is 0 Å². The van der Waals surface area contributed by atoms with Crippen LogP contribution in [0.15, 0.2) is 22.7 Å². The van der Waals surface area contributed by atoms with Gasteiger partial charge in [-0.15, -0.1) is 0 Å². The Balaban J connectivity index is 1.80. The van der Waals surface area contributed by atoms with Crippen LogP contribution < -0.4 is 5.32 Å². The van der Waals surface area contributed by atoms with Gasteiger partial charge in [0.2, 0.25) is 0 Å². The molecule has 100 valence electrons. The lowest BCUT2D eigenvalue weighted by Gasteiger charge is -2.32. The van der Waals surface area contributed by atoms with Gasteiger partial charge in [-0.25, -0.2) is 0 Å². The minimum Gasteiger partial charge on any atom is -0.385 e. The van der Waals surface area contributed by atoms with Gasteiger partial charge in [0, 0.05) is 22.7 Å². The van der Waals surface area contributed by atoms with E-state index in [4.69, 9.17) is 0 Å². The second-order valence-corrected chi connectivity index (χ2v) is 6.28. The second-order valence-electron chi connectivity index (χ2n) is 5.36. The molecule has 1 aliphatic heterocycles. The number of likely N-dealkylation sites (tertiary alicyclic amines) is 1. The van der Waals surface area contributed by atoms with Crippen LogP contribution in [0, 0.1) is 6.92 Å². The van der Waals surface area contributed by atoms with E-state index < -0.39 is 0 Å². The lowest BCUT2D eigenvalue weighted by molar-refractivity contribution is 0.179. The summed E-state index contributed by atoms with van der Waals surface area (Å²) in [5.41, 5.74) is 2.52. The monoisotopic (exact) mass is 310 g/mol.